The van der Waals surface area contributed by atoms with Crippen LogP contribution >= 0.6 is 0 Å². The summed E-state index contributed by atoms with van der Waals surface area (Å²) in [6, 6.07) is -0.275. The van der Waals surface area contributed by atoms with Gasteiger partial charge in [-0.15, -0.1) is 0 Å². The lowest BCUT2D eigenvalue weighted by atomic mass is 9.97. The van der Waals surface area contributed by atoms with Crippen molar-refractivity contribution in [3.05, 3.63) is 0 Å². The largest absolute Gasteiger partial charge is 0.479 e. The first kappa shape index (κ1) is 14.8. The monoisotopic (exact) mass is 258 g/mol. The van der Waals surface area contributed by atoms with Crippen LogP contribution in [0.15, 0.2) is 0 Å². The van der Waals surface area contributed by atoms with E-state index in [-0.39, 0.29) is 12.6 Å². The molecule has 2 amide bonds. The van der Waals surface area contributed by atoms with Crippen molar-refractivity contribution in [2.24, 2.45) is 5.92 Å². The predicted molar refractivity (Wildman–Crippen MR) is 66.2 cm³/mol. The number of amides is 2. The van der Waals surface area contributed by atoms with E-state index in [2.05, 4.69) is 17.6 Å². The van der Waals surface area contributed by atoms with Gasteiger partial charge in [-0.25, -0.2) is 9.59 Å². The summed E-state index contributed by atoms with van der Waals surface area (Å²) >= 11 is 0. The summed E-state index contributed by atoms with van der Waals surface area (Å²) in [6.07, 6.45) is 3.99. The smallest absolute Gasteiger partial charge is 0.334 e. The Labute approximate surface area is 107 Å². The Morgan fingerprint density at radius 2 is 1.94 bits per heavy atom. The van der Waals surface area contributed by atoms with Crippen molar-refractivity contribution in [3.8, 4) is 0 Å². The molecule has 0 heterocycles. The lowest BCUT2D eigenvalue weighted by molar-refractivity contribution is -0.146. The average Bonchev–Trinajstić information content (AvgIpc) is 2.52. The molecule has 3 atom stereocenters. The summed E-state index contributed by atoms with van der Waals surface area (Å²) in [7, 11) is 0. The number of carbonyl (C=O) groups excluding carboxylic acids is 1. The minimum Gasteiger partial charge on any atom is -0.479 e. The maximum atomic E-state index is 11.6. The van der Waals surface area contributed by atoms with E-state index in [1.54, 1.807) is 0 Å². The Bertz CT molecular complexity index is 296. The number of carboxylic acid groups (broad SMARTS) is 1. The molecule has 18 heavy (non-hydrogen) atoms. The average molecular weight is 258 g/mol. The Hall–Kier alpha value is -1.30. The standard InChI is InChI=1S/C12H22N2O4/c1-8-5-3-2-4-6-9(8)14-12(18)13-7-10(15)11(16)17/h8-10,15H,2-7H2,1H3,(H,16,17)(H2,13,14,18)/t8?,9?,10-/m0/s1. The molecule has 0 radical (unpaired) electrons. The molecule has 1 rings (SSSR count). The topological polar surface area (TPSA) is 98.7 Å². The highest BCUT2D eigenvalue weighted by atomic mass is 16.4. The number of aliphatic carboxylic acids is 1. The quantitative estimate of drug-likeness (QED) is 0.558. The Morgan fingerprint density at radius 1 is 1.28 bits per heavy atom. The summed E-state index contributed by atoms with van der Waals surface area (Å²) in [6.45, 7) is 1.84. The number of aliphatic hydroxyl groups excluding tert-OH is 1. The van der Waals surface area contributed by atoms with Crippen LogP contribution in [0.25, 0.3) is 0 Å². The maximum Gasteiger partial charge on any atom is 0.334 e. The number of hydrogen-bond acceptors (Lipinski definition) is 3. The normalized spacial score (nSPS) is 25.9. The molecule has 0 spiro atoms. The molecule has 1 aliphatic carbocycles. The van der Waals surface area contributed by atoms with Gasteiger partial charge in [0.05, 0.1) is 6.54 Å². The van der Waals surface area contributed by atoms with Crippen LogP contribution in [0.1, 0.15) is 39.0 Å². The van der Waals surface area contributed by atoms with Crippen LogP contribution in [0.4, 0.5) is 4.79 Å². The molecule has 0 aromatic rings. The number of aliphatic hydroxyl groups is 1. The predicted octanol–water partition coefficient (Wildman–Crippen LogP) is 0.700. The molecule has 6 heteroatoms. The van der Waals surface area contributed by atoms with Gasteiger partial charge in [0.1, 0.15) is 0 Å². The first-order valence-corrected chi connectivity index (χ1v) is 6.46. The van der Waals surface area contributed by atoms with Crippen LogP contribution in [0.2, 0.25) is 0 Å². The number of carbonyl (C=O) groups is 2. The molecule has 0 aliphatic heterocycles. The lowest BCUT2D eigenvalue weighted by Gasteiger charge is -2.23. The molecule has 0 aromatic heterocycles. The minimum absolute atomic E-state index is 0.134. The summed E-state index contributed by atoms with van der Waals surface area (Å²) in [4.78, 5) is 21.9. The summed E-state index contributed by atoms with van der Waals surface area (Å²) in [5, 5.41) is 22.7. The molecule has 0 aromatic carbocycles. The van der Waals surface area contributed by atoms with Gasteiger partial charge >= 0.3 is 12.0 Å². The molecule has 6 nitrogen and oxygen atoms in total. The van der Waals surface area contributed by atoms with Crippen LogP contribution in [0.5, 0.6) is 0 Å². The van der Waals surface area contributed by atoms with E-state index in [0.29, 0.717) is 5.92 Å². The zero-order valence-corrected chi connectivity index (χ0v) is 10.7. The minimum atomic E-state index is -1.55. The molecule has 2 unspecified atom stereocenters. The molecule has 0 bridgehead atoms. The third-order valence-corrected chi connectivity index (χ3v) is 3.42. The Kier molecular flexibility index (Phi) is 5.91. The lowest BCUT2D eigenvalue weighted by Crippen LogP contribution is -2.47. The van der Waals surface area contributed by atoms with Gasteiger partial charge in [0, 0.05) is 6.04 Å². The fourth-order valence-electron chi connectivity index (χ4n) is 2.20. The van der Waals surface area contributed by atoms with Crippen LogP contribution in [-0.2, 0) is 4.79 Å². The van der Waals surface area contributed by atoms with E-state index in [1.807, 2.05) is 0 Å². The molecule has 1 aliphatic rings. The summed E-state index contributed by atoms with van der Waals surface area (Å²) < 4.78 is 0. The highest BCUT2D eigenvalue weighted by molar-refractivity contribution is 5.76. The van der Waals surface area contributed by atoms with E-state index in [9.17, 15) is 9.59 Å². The van der Waals surface area contributed by atoms with Gasteiger partial charge in [0.2, 0.25) is 0 Å². The SMILES string of the molecule is CC1CCCCCC1NC(=O)NC[C@H](O)C(=O)O. The van der Waals surface area contributed by atoms with Gasteiger partial charge in [0.15, 0.2) is 6.10 Å². The molecule has 1 saturated carbocycles. The fourth-order valence-corrected chi connectivity index (χ4v) is 2.20. The number of carboxylic acids is 1. The van der Waals surface area contributed by atoms with Crippen LogP contribution in [0.3, 0.4) is 0 Å². The summed E-state index contributed by atoms with van der Waals surface area (Å²) in [5.41, 5.74) is 0. The second-order valence-corrected chi connectivity index (χ2v) is 4.93. The third kappa shape index (κ3) is 4.91. The molecular formula is C12H22N2O4. The van der Waals surface area contributed by atoms with Crippen LogP contribution in [-0.4, -0.2) is 40.9 Å². The molecule has 4 N–H and O–H groups in total. The van der Waals surface area contributed by atoms with Crippen molar-refractivity contribution in [1.82, 2.24) is 10.6 Å². The molecule has 0 saturated heterocycles. The molecule has 1 fully saturated rings. The third-order valence-electron chi connectivity index (χ3n) is 3.42. The first-order chi connectivity index (χ1) is 8.50. The van der Waals surface area contributed by atoms with Crippen molar-refractivity contribution in [3.63, 3.8) is 0 Å². The number of urea groups is 1. The highest BCUT2D eigenvalue weighted by Gasteiger charge is 2.22. The first-order valence-electron chi connectivity index (χ1n) is 6.46. The Morgan fingerprint density at radius 3 is 2.61 bits per heavy atom. The van der Waals surface area contributed by atoms with Gasteiger partial charge in [-0.1, -0.05) is 26.2 Å². The van der Waals surface area contributed by atoms with Gasteiger partial charge in [-0.05, 0) is 18.8 Å². The van der Waals surface area contributed by atoms with Gasteiger partial charge in [-0.2, -0.15) is 0 Å². The second kappa shape index (κ2) is 7.20. The van der Waals surface area contributed by atoms with Gasteiger partial charge in [0.25, 0.3) is 0 Å². The Balaban J connectivity index is 2.32. The van der Waals surface area contributed by atoms with Gasteiger partial charge < -0.3 is 20.8 Å². The number of hydrogen-bond donors (Lipinski definition) is 4. The van der Waals surface area contributed by atoms with Crippen molar-refractivity contribution >= 4 is 12.0 Å². The van der Waals surface area contributed by atoms with Crippen molar-refractivity contribution in [2.45, 2.75) is 51.2 Å². The van der Waals surface area contributed by atoms with E-state index in [1.165, 1.54) is 12.8 Å². The molecular weight excluding hydrogens is 236 g/mol. The van der Waals surface area contributed by atoms with E-state index in [4.69, 9.17) is 10.2 Å². The number of rotatable bonds is 4. The molecule has 104 valence electrons. The zero-order chi connectivity index (χ0) is 13.5. The number of nitrogens with one attached hydrogen (secondary N) is 2. The second-order valence-electron chi connectivity index (χ2n) is 4.93. The van der Waals surface area contributed by atoms with E-state index < -0.39 is 18.1 Å². The van der Waals surface area contributed by atoms with E-state index >= 15 is 0 Å². The van der Waals surface area contributed by atoms with Gasteiger partial charge in [-0.3, -0.25) is 0 Å². The van der Waals surface area contributed by atoms with Crippen LogP contribution in [0, 0.1) is 5.92 Å². The maximum absolute atomic E-state index is 11.6. The van der Waals surface area contributed by atoms with Crippen molar-refractivity contribution in [2.75, 3.05) is 6.54 Å². The van der Waals surface area contributed by atoms with Crippen LogP contribution < -0.4 is 10.6 Å². The summed E-state index contributed by atoms with van der Waals surface area (Å²) in [5.74, 6) is -0.902. The van der Waals surface area contributed by atoms with Crippen molar-refractivity contribution in [1.29, 1.82) is 0 Å². The highest BCUT2D eigenvalue weighted by Crippen LogP contribution is 2.22. The fraction of sp³-hybridized carbons (Fsp3) is 0.833. The van der Waals surface area contributed by atoms with E-state index in [0.717, 1.165) is 19.3 Å². The van der Waals surface area contributed by atoms with Crippen molar-refractivity contribution < 1.29 is 19.8 Å². The zero-order valence-electron chi connectivity index (χ0n) is 10.7.